The number of ether oxygens (including phenoxy) is 2. The van der Waals surface area contributed by atoms with E-state index in [1.54, 1.807) is 24.8 Å². The molecule has 2 N–H and O–H groups in total. The highest BCUT2D eigenvalue weighted by Gasteiger charge is 2.61. The molecule has 4 heterocycles. The molecule has 41 heavy (non-hydrogen) atoms. The molecule has 214 valence electrons. The SMILES string of the molecule is CNC(=O)C1(C(=O)NC=O)Cc2cc3c(N4C(=O)OCC4c4ccccc4)noc3c(F)c2N2CC(C)OC(C)C21. The topological polar surface area (TPSA) is 143 Å². The summed E-state index contributed by atoms with van der Waals surface area (Å²) in [5.74, 6) is -2.18. The Balaban J connectivity index is 1.56. The molecule has 3 aliphatic heterocycles. The van der Waals surface area contributed by atoms with E-state index in [1.165, 1.54) is 11.9 Å². The summed E-state index contributed by atoms with van der Waals surface area (Å²) in [7, 11) is 1.39. The first-order valence-electron chi connectivity index (χ1n) is 13.2. The van der Waals surface area contributed by atoms with Gasteiger partial charge in [-0.15, -0.1) is 0 Å². The quantitative estimate of drug-likeness (QED) is 0.352. The maximum atomic E-state index is 16.5. The van der Waals surface area contributed by atoms with Gasteiger partial charge in [0, 0.05) is 20.0 Å². The zero-order valence-electron chi connectivity index (χ0n) is 22.5. The maximum absolute atomic E-state index is 16.5. The predicted octanol–water partition coefficient (Wildman–Crippen LogP) is 2.21. The van der Waals surface area contributed by atoms with Gasteiger partial charge in [-0.3, -0.25) is 19.7 Å². The van der Waals surface area contributed by atoms with Crippen LogP contribution in [0.1, 0.15) is 31.0 Å². The highest BCUT2D eigenvalue weighted by Crippen LogP contribution is 2.50. The number of fused-ring (bicyclic) bond motifs is 4. The highest BCUT2D eigenvalue weighted by molar-refractivity contribution is 6.10. The Morgan fingerprint density at radius 3 is 2.66 bits per heavy atom. The molecule has 2 aromatic carbocycles. The molecule has 3 aromatic rings. The first-order valence-corrected chi connectivity index (χ1v) is 13.2. The number of morpholine rings is 1. The van der Waals surface area contributed by atoms with E-state index in [2.05, 4.69) is 15.8 Å². The first kappa shape index (κ1) is 26.7. The van der Waals surface area contributed by atoms with Gasteiger partial charge in [0.2, 0.25) is 23.8 Å². The van der Waals surface area contributed by atoms with E-state index in [0.29, 0.717) is 5.56 Å². The Labute approximate surface area is 233 Å². The summed E-state index contributed by atoms with van der Waals surface area (Å²) in [5, 5.41) is 8.95. The van der Waals surface area contributed by atoms with E-state index in [4.69, 9.17) is 14.0 Å². The fourth-order valence-electron chi connectivity index (χ4n) is 6.63. The Morgan fingerprint density at radius 1 is 1.20 bits per heavy atom. The van der Waals surface area contributed by atoms with E-state index in [9.17, 15) is 19.2 Å². The fraction of sp³-hybridized carbons (Fsp3) is 0.393. The third-order valence-electron chi connectivity index (χ3n) is 8.19. The molecule has 3 aliphatic rings. The van der Waals surface area contributed by atoms with Gasteiger partial charge in [0.25, 0.3) is 0 Å². The Kier molecular flexibility index (Phi) is 6.40. The lowest BCUT2D eigenvalue weighted by Gasteiger charge is -2.54. The summed E-state index contributed by atoms with van der Waals surface area (Å²) in [4.78, 5) is 54.3. The van der Waals surface area contributed by atoms with Gasteiger partial charge in [0.05, 0.1) is 29.3 Å². The van der Waals surface area contributed by atoms with Crippen molar-refractivity contribution in [2.45, 2.75) is 44.6 Å². The number of hydrogen-bond donors (Lipinski definition) is 2. The van der Waals surface area contributed by atoms with Crippen LogP contribution in [0.15, 0.2) is 40.9 Å². The highest BCUT2D eigenvalue weighted by atomic mass is 19.1. The van der Waals surface area contributed by atoms with Gasteiger partial charge in [0.1, 0.15) is 12.6 Å². The molecule has 2 saturated heterocycles. The van der Waals surface area contributed by atoms with E-state index in [-0.39, 0.29) is 54.6 Å². The lowest BCUT2D eigenvalue weighted by molar-refractivity contribution is -0.152. The minimum atomic E-state index is -1.85. The van der Waals surface area contributed by atoms with Crippen molar-refractivity contribution < 1.29 is 37.6 Å². The lowest BCUT2D eigenvalue weighted by atomic mass is 9.67. The van der Waals surface area contributed by atoms with Crippen LogP contribution in [-0.2, 0) is 30.3 Å². The number of hydrogen-bond acceptors (Lipinski definition) is 9. The van der Waals surface area contributed by atoms with Crippen LogP contribution < -0.4 is 20.4 Å². The van der Waals surface area contributed by atoms with Crippen molar-refractivity contribution in [1.29, 1.82) is 0 Å². The Bertz CT molecular complexity index is 1560. The number of carbonyl (C=O) groups excluding carboxylic acids is 4. The van der Waals surface area contributed by atoms with Crippen molar-refractivity contribution in [2.75, 3.05) is 30.0 Å². The standard InChI is InChI=1S/C28H28FN5O7/c1-14-11-33-21-17(10-28(25(36)30-3,26(37)31-13-35)23(33)15(2)40-14)9-18-22(20(21)29)41-32-24(18)34-19(12-39-27(34)38)16-7-5-4-6-8-16/h4-9,13-15,19,23H,10-12H2,1-3H3,(H,30,36)(H,31,35,37). The van der Waals surface area contributed by atoms with Gasteiger partial charge in [-0.1, -0.05) is 35.5 Å². The van der Waals surface area contributed by atoms with Gasteiger partial charge >= 0.3 is 6.09 Å². The molecule has 0 radical (unpaired) electrons. The number of anilines is 2. The summed E-state index contributed by atoms with van der Waals surface area (Å²) in [6.45, 7) is 3.73. The van der Waals surface area contributed by atoms with Crippen molar-refractivity contribution >= 4 is 46.8 Å². The molecule has 2 fully saturated rings. The van der Waals surface area contributed by atoms with Gasteiger partial charge < -0.3 is 24.2 Å². The van der Waals surface area contributed by atoms with Crippen LogP contribution in [0.5, 0.6) is 0 Å². The lowest BCUT2D eigenvalue weighted by Crippen LogP contribution is -2.71. The largest absolute Gasteiger partial charge is 0.447 e. The third-order valence-corrected chi connectivity index (χ3v) is 8.19. The van der Waals surface area contributed by atoms with Crippen molar-refractivity contribution in [1.82, 2.24) is 15.8 Å². The minimum Gasteiger partial charge on any atom is -0.447 e. The summed E-state index contributed by atoms with van der Waals surface area (Å²) in [6.07, 6.45) is -1.76. The third kappa shape index (κ3) is 3.86. The second kappa shape index (κ2) is 9.84. The zero-order valence-corrected chi connectivity index (χ0v) is 22.5. The molecule has 5 atom stereocenters. The Hall–Kier alpha value is -4.52. The fourth-order valence-corrected chi connectivity index (χ4v) is 6.63. The molecular weight excluding hydrogens is 537 g/mol. The van der Waals surface area contributed by atoms with Crippen molar-refractivity contribution in [2.24, 2.45) is 5.41 Å². The minimum absolute atomic E-state index is 0.0479. The smallest absolute Gasteiger partial charge is 0.416 e. The number of nitrogens with one attached hydrogen (secondary N) is 2. The first-order chi connectivity index (χ1) is 19.7. The molecule has 6 rings (SSSR count). The molecule has 5 unspecified atom stereocenters. The van der Waals surface area contributed by atoms with Crippen LogP contribution in [0, 0.1) is 11.2 Å². The summed E-state index contributed by atoms with van der Waals surface area (Å²) in [5.41, 5.74) is -0.782. The summed E-state index contributed by atoms with van der Waals surface area (Å²) < 4.78 is 33.3. The van der Waals surface area contributed by atoms with Crippen LogP contribution in [0.4, 0.5) is 20.7 Å². The maximum Gasteiger partial charge on any atom is 0.416 e. The van der Waals surface area contributed by atoms with Gasteiger partial charge in [-0.2, -0.15) is 0 Å². The number of nitrogens with zero attached hydrogens (tertiary/aromatic N) is 3. The molecule has 0 spiro atoms. The van der Waals surface area contributed by atoms with Gasteiger partial charge in [-0.25, -0.2) is 14.1 Å². The molecule has 13 heteroatoms. The molecule has 0 aliphatic carbocycles. The predicted molar refractivity (Wildman–Crippen MR) is 143 cm³/mol. The van der Waals surface area contributed by atoms with Crippen LogP contribution in [-0.4, -0.2) is 67.9 Å². The van der Waals surface area contributed by atoms with Gasteiger partial charge in [-0.05, 0) is 31.0 Å². The number of benzene rings is 2. The van der Waals surface area contributed by atoms with Crippen LogP contribution >= 0.6 is 0 Å². The number of halogens is 1. The average molecular weight is 566 g/mol. The van der Waals surface area contributed by atoms with Crippen molar-refractivity contribution in [3.63, 3.8) is 0 Å². The second-order valence-corrected chi connectivity index (χ2v) is 10.5. The number of cyclic esters (lactones) is 1. The van der Waals surface area contributed by atoms with E-state index in [1.807, 2.05) is 30.3 Å². The van der Waals surface area contributed by atoms with Gasteiger partial charge in [0.15, 0.2) is 17.1 Å². The molecule has 1 aromatic heterocycles. The number of imide groups is 1. The van der Waals surface area contributed by atoms with Crippen LogP contribution in [0.3, 0.4) is 0 Å². The van der Waals surface area contributed by atoms with Crippen LogP contribution in [0.25, 0.3) is 11.0 Å². The molecule has 4 amide bonds. The zero-order chi connectivity index (χ0) is 29.1. The van der Waals surface area contributed by atoms with E-state index < -0.39 is 47.3 Å². The normalized spacial score (nSPS) is 27.2. The monoisotopic (exact) mass is 565 g/mol. The van der Waals surface area contributed by atoms with Crippen LogP contribution in [0.2, 0.25) is 0 Å². The molecule has 0 saturated carbocycles. The summed E-state index contributed by atoms with van der Waals surface area (Å²) >= 11 is 0. The summed E-state index contributed by atoms with van der Waals surface area (Å²) in [6, 6.07) is 9.29. The number of amides is 4. The molecule has 12 nitrogen and oxygen atoms in total. The number of rotatable bonds is 5. The number of carbonyl (C=O) groups is 4. The molecule has 0 bridgehead atoms. The van der Waals surface area contributed by atoms with Crippen molar-refractivity contribution in [3.8, 4) is 0 Å². The van der Waals surface area contributed by atoms with E-state index >= 15 is 4.39 Å². The van der Waals surface area contributed by atoms with E-state index in [0.717, 1.165) is 5.56 Å². The number of aromatic nitrogens is 1. The Morgan fingerprint density at radius 2 is 1.95 bits per heavy atom. The molecular formula is C28H28FN5O7. The average Bonchev–Trinajstić information content (AvgIpc) is 3.55. The van der Waals surface area contributed by atoms with Crippen molar-refractivity contribution in [3.05, 3.63) is 53.3 Å². The second-order valence-electron chi connectivity index (χ2n) is 10.5.